The van der Waals surface area contributed by atoms with Crippen molar-refractivity contribution in [3.05, 3.63) is 6.92 Å². The van der Waals surface area contributed by atoms with E-state index in [1.165, 1.54) is 0 Å². The van der Waals surface area contributed by atoms with Crippen molar-refractivity contribution in [3.63, 3.8) is 0 Å². The fourth-order valence-electron chi connectivity index (χ4n) is 0.629. The highest BCUT2D eigenvalue weighted by Gasteiger charge is 2.18. The highest BCUT2D eigenvalue weighted by molar-refractivity contribution is 5.69. The van der Waals surface area contributed by atoms with Gasteiger partial charge in [0.25, 0.3) is 0 Å². The molecule has 0 aliphatic carbocycles. The summed E-state index contributed by atoms with van der Waals surface area (Å²) in [5.74, 6) is 0. The first kappa shape index (κ1) is 5.41. The molecule has 45 valence electrons. The molecular weight excluding hydrogens is 106 g/mol. The van der Waals surface area contributed by atoms with Crippen LogP contribution in [0.3, 0.4) is 0 Å². The molecule has 3 heteroatoms. The SMILES string of the molecule is [CH2]CN1CCOC1=O. The van der Waals surface area contributed by atoms with Gasteiger partial charge in [-0.1, -0.05) is 0 Å². The van der Waals surface area contributed by atoms with E-state index >= 15 is 0 Å². The van der Waals surface area contributed by atoms with Crippen LogP contribution in [0.2, 0.25) is 0 Å². The second-order valence-corrected chi connectivity index (χ2v) is 1.60. The van der Waals surface area contributed by atoms with Crippen LogP contribution in [-0.2, 0) is 4.74 Å². The van der Waals surface area contributed by atoms with E-state index < -0.39 is 0 Å². The second-order valence-electron chi connectivity index (χ2n) is 1.60. The third-order valence-electron chi connectivity index (χ3n) is 1.11. The summed E-state index contributed by atoms with van der Waals surface area (Å²) >= 11 is 0. The van der Waals surface area contributed by atoms with E-state index in [1.807, 2.05) is 0 Å². The van der Waals surface area contributed by atoms with E-state index in [-0.39, 0.29) is 6.09 Å². The van der Waals surface area contributed by atoms with Gasteiger partial charge in [0.1, 0.15) is 6.61 Å². The van der Waals surface area contributed by atoms with Gasteiger partial charge in [0.05, 0.1) is 6.54 Å². The van der Waals surface area contributed by atoms with Crippen molar-refractivity contribution in [2.75, 3.05) is 19.7 Å². The molecule has 1 saturated heterocycles. The molecule has 1 amide bonds. The van der Waals surface area contributed by atoms with Crippen molar-refractivity contribution >= 4 is 6.09 Å². The Labute approximate surface area is 48.2 Å². The quantitative estimate of drug-likeness (QED) is 0.489. The lowest BCUT2D eigenvalue weighted by atomic mass is 10.6. The van der Waals surface area contributed by atoms with E-state index in [4.69, 9.17) is 0 Å². The van der Waals surface area contributed by atoms with Crippen LogP contribution in [0, 0.1) is 6.92 Å². The van der Waals surface area contributed by atoms with E-state index in [2.05, 4.69) is 11.7 Å². The molecule has 0 atom stereocenters. The van der Waals surface area contributed by atoms with E-state index in [9.17, 15) is 4.79 Å². The van der Waals surface area contributed by atoms with Crippen LogP contribution in [0.4, 0.5) is 4.79 Å². The van der Waals surface area contributed by atoms with Crippen LogP contribution in [0.25, 0.3) is 0 Å². The minimum Gasteiger partial charge on any atom is -0.448 e. The van der Waals surface area contributed by atoms with Crippen LogP contribution in [0.1, 0.15) is 0 Å². The largest absolute Gasteiger partial charge is 0.448 e. The number of cyclic esters (lactones) is 1. The van der Waals surface area contributed by atoms with Gasteiger partial charge in [-0.25, -0.2) is 4.79 Å². The molecule has 1 aliphatic rings. The molecule has 0 spiro atoms. The summed E-state index contributed by atoms with van der Waals surface area (Å²) < 4.78 is 4.60. The monoisotopic (exact) mass is 114 g/mol. The first-order valence-electron chi connectivity index (χ1n) is 2.55. The van der Waals surface area contributed by atoms with Gasteiger partial charge in [-0.3, -0.25) is 0 Å². The van der Waals surface area contributed by atoms with E-state index in [0.717, 1.165) is 0 Å². The van der Waals surface area contributed by atoms with Crippen molar-refractivity contribution < 1.29 is 9.53 Å². The first-order chi connectivity index (χ1) is 3.84. The van der Waals surface area contributed by atoms with Gasteiger partial charge in [-0.2, -0.15) is 0 Å². The number of hydrogen-bond donors (Lipinski definition) is 0. The maximum absolute atomic E-state index is 10.5. The molecule has 1 radical (unpaired) electrons. The zero-order chi connectivity index (χ0) is 5.98. The van der Waals surface area contributed by atoms with Crippen LogP contribution in [0.15, 0.2) is 0 Å². The van der Waals surface area contributed by atoms with Gasteiger partial charge >= 0.3 is 6.09 Å². The maximum atomic E-state index is 10.5. The highest BCUT2D eigenvalue weighted by Crippen LogP contribution is 2.00. The molecule has 0 bridgehead atoms. The van der Waals surface area contributed by atoms with Crippen molar-refractivity contribution in [2.24, 2.45) is 0 Å². The van der Waals surface area contributed by atoms with E-state index in [0.29, 0.717) is 19.7 Å². The summed E-state index contributed by atoms with van der Waals surface area (Å²) in [6, 6.07) is 0. The van der Waals surface area contributed by atoms with Gasteiger partial charge in [-0.15, -0.1) is 0 Å². The number of amides is 1. The zero-order valence-electron chi connectivity index (χ0n) is 4.59. The zero-order valence-corrected chi connectivity index (χ0v) is 4.59. The molecule has 0 saturated carbocycles. The van der Waals surface area contributed by atoms with Gasteiger partial charge < -0.3 is 9.64 Å². The van der Waals surface area contributed by atoms with Gasteiger partial charge in [0, 0.05) is 6.54 Å². The Morgan fingerprint density at radius 3 is 2.88 bits per heavy atom. The van der Waals surface area contributed by atoms with Crippen LogP contribution in [-0.4, -0.2) is 30.7 Å². The number of rotatable bonds is 1. The summed E-state index contributed by atoms with van der Waals surface area (Å²) in [5, 5.41) is 0. The van der Waals surface area contributed by atoms with Crippen molar-refractivity contribution in [2.45, 2.75) is 0 Å². The number of hydrogen-bond acceptors (Lipinski definition) is 2. The topological polar surface area (TPSA) is 29.5 Å². The Kier molecular flexibility index (Phi) is 1.37. The molecule has 0 aromatic rings. The Morgan fingerprint density at radius 2 is 2.62 bits per heavy atom. The number of nitrogens with zero attached hydrogens (tertiary/aromatic N) is 1. The predicted molar refractivity (Wildman–Crippen MR) is 28.3 cm³/mol. The molecule has 3 nitrogen and oxygen atoms in total. The van der Waals surface area contributed by atoms with Gasteiger partial charge in [-0.05, 0) is 6.92 Å². The minimum atomic E-state index is -0.236. The summed E-state index contributed by atoms with van der Waals surface area (Å²) in [4.78, 5) is 12.0. The fourth-order valence-corrected chi connectivity index (χ4v) is 0.629. The van der Waals surface area contributed by atoms with E-state index in [1.54, 1.807) is 4.90 Å². The average Bonchev–Trinajstić information content (AvgIpc) is 2.14. The molecule has 1 fully saturated rings. The number of carbonyl (C=O) groups excluding carboxylic acids is 1. The Morgan fingerprint density at radius 1 is 1.88 bits per heavy atom. The lowest BCUT2D eigenvalue weighted by Gasteiger charge is -2.05. The molecule has 0 N–H and O–H groups in total. The lowest BCUT2D eigenvalue weighted by molar-refractivity contribution is 0.161. The van der Waals surface area contributed by atoms with Crippen molar-refractivity contribution in [1.29, 1.82) is 0 Å². The second kappa shape index (κ2) is 2.03. The van der Waals surface area contributed by atoms with Crippen molar-refractivity contribution in [1.82, 2.24) is 4.90 Å². The fraction of sp³-hybridized carbons (Fsp3) is 0.600. The first-order valence-corrected chi connectivity index (χ1v) is 2.55. The number of carbonyl (C=O) groups is 1. The number of ether oxygens (including phenoxy) is 1. The summed E-state index contributed by atoms with van der Waals surface area (Å²) in [7, 11) is 0. The lowest BCUT2D eigenvalue weighted by Crippen LogP contribution is -2.23. The molecule has 0 aromatic carbocycles. The molecule has 1 heterocycles. The standard InChI is InChI=1S/C5H8NO2/c1-2-6-3-4-8-5(6)7/h1-4H2. The van der Waals surface area contributed by atoms with Crippen molar-refractivity contribution in [3.8, 4) is 0 Å². The third kappa shape index (κ3) is 0.757. The Hall–Kier alpha value is -0.730. The summed E-state index contributed by atoms with van der Waals surface area (Å²) in [6.07, 6.45) is -0.236. The third-order valence-corrected chi connectivity index (χ3v) is 1.11. The summed E-state index contributed by atoms with van der Waals surface area (Å²) in [6.45, 7) is 5.27. The molecular formula is C5H8NO2. The molecule has 1 rings (SSSR count). The van der Waals surface area contributed by atoms with Crippen LogP contribution >= 0.6 is 0 Å². The Balaban J connectivity index is 2.42. The molecule has 0 unspecified atom stereocenters. The smallest absolute Gasteiger partial charge is 0.409 e. The predicted octanol–water partition coefficient (Wildman–Crippen LogP) is 0.273. The summed E-state index contributed by atoms with van der Waals surface area (Å²) in [5.41, 5.74) is 0. The molecule has 1 aliphatic heterocycles. The average molecular weight is 114 g/mol. The van der Waals surface area contributed by atoms with Gasteiger partial charge in [0.15, 0.2) is 0 Å². The molecule has 0 aromatic heterocycles. The minimum absolute atomic E-state index is 0.236. The maximum Gasteiger partial charge on any atom is 0.409 e. The van der Waals surface area contributed by atoms with Gasteiger partial charge in [0.2, 0.25) is 0 Å². The molecule has 8 heavy (non-hydrogen) atoms. The van der Waals surface area contributed by atoms with Crippen LogP contribution < -0.4 is 0 Å². The van der Waals surface area contributed by atoms with Crippen LogP contribution in [0.5, 0.6) is 0 Å². The normalized spacial score (nSPS) is 19.1. The highest BCUT2D eigenvalue weighted by atomic mass is 16.6. The Bertz CT molecular complexity index is 103.